The number of aromatic nitrogens is 3. The molecule has 2 rings (SSSR count). The third-order valence-corrected chi connectivity index (χ3v) is 3.48. The molecule has 6 heteroatoms. The minimum absolute atomic E-state index is 0.173. The summed E-state index contributed by atoms with van der Waals surface area (Å²) in [5.41, 5.74) is 1.52. The zero-order valence-corrected chi connectivity index (χ0v) is 12.5. The molecule has 0 aliphatic carbocycles. The summed E-state index contributed by atoms with van der Waals surface area (Å²) in [6.45, 7) is 4.67. The molecule has 0 fully saturated rings. The third-order valence-electron chi connectivity index (χ3n) is 2.71. The Kier molecular flexibility index (Phi) is 5.06. The van der Waals surface area contributed by atoms with E-state index in [1.165, 1.54) is 4.68 Å². The molecule has 0 spiro atoms. The first-order valence-corrected chi connectivity index (χ1v) is 7.02. The smallest absolute Gasteiger partial charge is 0.283 e. The molecule has 0 saturated heterocycles. The van der Waals surface area contributed by atoms with Crippen LogP contribution in [0.25, 0.3) is 0 Å². The summed E-state index contributed by atoms with van der Waals surface area (Å²) in [5.74, 6) is 0. The quantitative estimate of drug-likeness (QED) is 0.823. The van der Waals surface area contributed by atoms with Gasteiger partial charge in [0.1, 0.15) is 4.47 Å². The van der Waals surface area contributed by atoms with E-state index in [9.17, 15) is 4.79 Å². The predicted octanol–water partition coefficient (Wildman–Crippen LogP) is 2.24. The molecular formula is C14H15BrN4O. The van der Waals surface area contributed by atoms with Gasteiger partial charge in [-0.3, -0.25) is 9.78 Å². The Morgan fingerprint density at radius 3 is 3.00 bits per heavy atom. The average Bonchev–Trinajstić information content (AvgIpc) is 2.48. The van der Waals surface area contributed by atoms with E-state index in [2.05, 4.69) is 37.9 Å². The Morgan fingerprint density at radius 2 is 2.30 bits per heavy atom. The standard InChI is InChI=1S/C14H15BrN4O/c1-2-9-19-14(20)13(15)12(10-18-19)17-8-6-11-5-3-4-7-16-11/h2-5,7,10,17H,1,6,8-9H2. The van der Waals surface area contributed by atoms with Crippen LogP contribution in [-0.4, -0.2) is 21.3 Å². The van der Waals surface area contributed by atoms with Crippen LogP contribution in [0.4, 0.5) is 5.69 Å². The van der Waals surface area contributed by atoms with Crippen molar-refractivity contribution in [1.29, 1.82) is 0 Å². The molecule has 0 saturated carbocycles. The van der Waals surface area contributed by atoms with E-state index in [1.807, 2.05) is 18.2 Å². The van der Waals surface area contributed by atoms with Crippen LogP contribution in [0.1, 0.15) is 5.69 Å². The fourth-order valence-corrected chi connectivity index (χ4v) is 2.16. The van der Waals surface area contributed by atoms with Crippen LogP contribution in [-0.2, 0) is 13.0 Å². The fraction of sp³-hybridized carbons (Fsp3) is 0.214. The van der Waals surface area contributed by atoms with E-state index in [-0.39, 0.29) is 5.56 Å². The van der Waals surface area contributed by atoms with Crippen molar-refractivity contribution in [2.24, 2.45) is 0 Å². The molecular weight excluding hydrogens is 320 g/mol. The minimum atomic E-state index is -0.173. The van der Waals surface area contributed by atoms with Crippen LogP contribution in [0, 0.1) is 0 Å². The molecule has 20 heavy (non-hydrogen) atoms. The lowest BCUT2D eigenvalue weighted by Gasteiger charge is -2.09. The van der Waals surface area contributed by atoms with Gasteiger partial charge < -0.3 is 5.32 Å². The second kappa shape index (κ2) is 7.00. The maximum Gasteiger partial charge on any atom is 0.283 e. The van der Waals surface area contributed by atoms with Crippen molar-refractivity contribution >= 4 is 21.6 Å². The summed E-state index contributed by atoms with van der Waals surface area (Å²) in [4.78, 5) is 16.2. The second-order valence-electron chi connectivity index (χ2n) is 4.15. The predicted molar refractivity (Wildman–Crippen MR) is 82.8 cm³/mol. The van der Waals surface area contributed by atoms with Gasteiger partial charge in [-0.25, -0.2) is 4.68 Å². The molecule has 0 radical (unpaired) electrons. The minimum Gasteiger partial charge on any atom is -0.382 e. The molecule has 1 N–H and O–H groups in total. The maximum atomic E-state index is 12.0. The molecule has 0 atom stereocenters. The number of allylic oxidation sites excluding steroid dienone is 1. The molecule has 0 aromatic carbocycles. The van der Waals surface area contributed by atoms with Crippen molar-refractivity contribution in [3.8, 4) is 0 Å². The molecule has 2 aromatic heterocycles. The molecule has 0 aliphatic rings. The average molecular weight is 335 g/mol. The van der Waals surface area contributed by atoms with Crippen LogP contribution in [0.5, 0.6) is 0 Å². The zero-order chi connectivity index (χ0) is 14.4. The first-order valence-electron chi connectivity index (χ1n) is 6.22. The molecule has 104 valence electrons. The van der Waals surface area contributed by atoms with E-state index in [1.54, 1.807) is 18.5 Å². The van der Waals surface area contributed by atoms with Gasteiger partial charge in [0.25, 0.3) is 5.56 Å². The van der Waals surface area contributed by atoms with Gasteiger partial charge in [0.2, 0.25) is 0 Å². The number of rotatable bonds is 6. The Hall–Kier alpha value is -1.95. The number of pyridine rings is 1. The van der Waals surface area contributed by atoms with Crippen LogP contribution in [0.15, 0.2) is 52.5 Å². The second-order valence-corrected chi connectivity index (χ2v) is 4.94. The maximum absolute atomic E-state index is 12.0. The molecule has 2 heterocycles. The molecule has 0 amide bonds. The van der Waals surface area contributed by atoms with Gasteiger partial charge in [-0.2, -0.15) is 5.10 Å². The van der Waals surface area contributed by atoms with Crippen molar-refractivity contribution < 1.29 is 0 Å². The first-order chi connectivity index (χ1) is 9.72. The molecule has 2 aromatic rings. The van der Waals surface area contributed by atoms with Gasteiger partial charge >= 0.3 is 0 Å². The lowest BCUT2D eigenvalue weighted by molar-refractivity contribution is 0.649. The summed E-state index contributed by atoms with van der Waals surface area (Å²) < 4.78 is 1.83. The van der Waals surface area contributed by atoms with E-state index < -0.39 is 0 Å². The molecule has 0 aliphatic heterocycles. The van der Waals surface area contributed by atoms with Crippen LogP contribution in [0.3, 0.4) is 0 Å². The van der Waals surface area contributed by atoms with Crippen molar-refractivity contribution in [2.45, 2.75) is 13.0 Å². The Labute approximate surface area is 125 Å². The number of nitrogens with one attached hydrogen (secondary N) is 1. The van der Waals surface area contributed by atoms with Crippen molar-refractivity contribution in [3.05, 3.63) is 63.8 Å². The SMILES string of the molecule is C=CCn1ncc(NCCc2ccccn2)c(Br)c1=O. The van der Waals surface area contributed by atoms with E-state index in [0.717, 1.165) is 12.1 Å². The fourth-order valence-electron chi connectivity index (χ4n) is 1.71. The number of hydrogen-bond acceptors (Lipinski definition) is 4. The molecule has 0 unspecified atom stereocenters. The van der Waals surface area contributed by atoms with Crippen LogP contribution >= 0.6 is 15.9 Å². The Bertz CT molecular complexity index is 639. The van der Waals surface area contributed by atoms with Crippen LogP contribution < -0.4 is 10.9 Å². The molecule has 5 nitrogen and oxygen atoms in total. The highest BCUT2D eigenvalue weighted by atomic mass is 79.9. The van der Waals surface area contributed by atoms with Crippen molar-refractivity contribution in [3.63, 3.8) is 0 Å². The largest absolute Gasteiger partial charge is 0.382 e. The van der Waals surface area contributed by atoms with Gasteiger partial charge in [-0.05, 0) is 28.1 Å². The molecule has 0 bridgehead atoms. The monoisotopic (exact) mass is 334 g/mol. The van der Waals surface area contributed by atoms with Gasteiger partial charge in [0, 0.05) is 24.9 Å². The first kappa shape index (κ1) is 14.5. The highest BCUT2D eigenvalue weighted by molar-refractivity contribution is 9.10. The van der Waals surface area contributed by atoms with Gasteiger partial charge in [0.15, 0.2) is 0 Å². The summed E-state index contributed by atoms with van der Waals surface area (Å²) in [5, 5.41) is 7.26. The van der Waals surface area contributed by atoms with Gasteiger partial charge in [0.05, 0.1) is 18.4 Å². The summed E-state index contributed by atoms with van der Waals surface area (Å²) in [6.07, 6.45) is 5.81. The lowest BCUT2D eigenvalue weighted by atomic mass is 10.2. The lowest BCUT2D eigenvalue weighted by Crippen LogP contribution is -2.24. The number of halogens is 1. The highest BCUT2D eigenvalue weighted by Crippen LogP contribution is 2.15. The normalized spacial score (nSPS) is 10.2. The number of hydrogen-bond donors (Lipinski definition) is 1. The van der Waals surface area contributed by atoms with E-state index in [4.69, 9.17) is 0 Å². The topological polar surface area (TPSA) is 59.8 Å². The Balaban J connectivity index is 2.02. The van der Waals surface area contributed by atoms with E-state index >= 15 is 0 Å². The number of nitrogens with zero attached hydrogens (tertiary/aromatic N) is 3. The van der Waals surface area contributed by atoms with Gasteiger partial charge in [-0.15, -0.1) is 6.58 Å². The van der Waals surface area contributed by atoms with Crippen LogP contribution in [0.2, 0.25) is 0 Å². The summed E-state index contributed by atoms with van der Waals surface area (Å²) in [7, 11) is 0. The zero-order valence-electron chi connectivity index (χ0n) is 10.9. The van der Waals surface area contributed by atoms with Crippen molar-refractivity contribution in [1.82, 2.24) is 14.8 Å². The summed E-state index contributed by atoms with van der Waals surface area (Å²) in [6, 6.07) is 5.81. The Morgan fingerprint density at radius 1 is 1.45 bits per heavy atom. The van der Waals surface area contributed by atoms with Crippen molar-refractivity contribution in [2.75, 3.05) is 11.9 Å². The number of anilines is 1. The highest BCUT2D eigenvalue weighted by Gasteiger charge is 2.07. The van der Waals surface area contributed by atoms with E-state index in [0.29, 0.717) is 23.2 Å². The summed E-state index contributed by atoms with van der Waals surface area (Å²) >= 11 is 3.30. The third kappa shape index (κ3) is 3.54. The van der Waals surface area contributed by atoms with Gasteiger partial charge in [-0.1, -0.05) is 12.1 Å².